The molecule has 0 radical (unpaired) electrons. The van der Waals surface area contributed by atoms with Crippen molar-refractivity contribution in [1.29, 1.82) is 0 Å². The van der Waals surface area contributed by atoms with Crippen molar-refractivity contribution < 1.29 is 0 Å². The van der Waals surface area contributed by atoms with Crippen LogP contribution in [0.3, 0.4) is 0 Å². The maximum absolute atomic E-state index is 12.7. The SMILES string of the molecule is CCC1=CC(C)C(Cl)c2c1sc1ccccc1c2=O. The largest absolute Gasteiger partial charge is 0.289 e. The van der Waals surface area contributed by atoms with Crippen LogP contribution in [0.2, 0.25) is 0 Å². The number of allylic oxidation sites excluding steroid dienone is 2. The van der Waals surface area contributed by atoms with Gasteiger partial charge in [0.25, 0.3) is 0 Å². The van der Waals surface area contributed by atoms with Gasteiger partial charge in [-0.15, -0.1) is 22.9 Å². The van der Waals surface area contributed by atoms with Gasteiger partial charge < -0.3 is 0 Å². The standard InChI is InChI=1S/C16H15ClOS/c1-3-10-8-9(2)14(17)13-15(18)11-6-4-5-7-12(11)19-16(10)13/h4-9,14H,3H2,1-2H3. The highest BCUT2D eigenvalue weighted by Gasteiger charge is 2.28. The van der Waals surface area contributed by atoms with Crippen LogP contribution in [0, 0.1) is 5.92 Å². The van der Waals surface area contributed by atoms with Gasteiger partial charge in [-0.25, -0.2) is 0 Å². The Morgan fingerprint density at radius 2 is 2.05 bits per heavy atom. The lowest BCUT2D eigenvalue weighted by atomic mass is 9.88. The van der Waals surface area contributed by atoms with E-state index in [1.54, 1.807) is 11.3 Å². The van der Waals surface area contributed by atoms with Gasteiger partial charge in [-0.1, -0.05) is 32.1 Å². The monoisotopic (exact) mass is 290 g/mol. The normalized spacial score (nSPS) is 22.2. The lowest BCUT2D eigenvalue weighted by molar-refractivity contribution is 0.683. The minimum absolute atomic E-state index is 0.107. The van der Waals surface area contributed by atoms with Crippen LogP contribution >= 0.6 is 22.9 Å². The lowest BCUT2D eigenvalue weighted by Gasteiger charge is -2.25. The van der Waals surface area contributed by atoms with Crippen molar-refractivity contribution in [2.24, 2.45) is 5.92 Å². The Morgan fingerprint density at radius 1 is 1.32 bits per heavy atom. The van der Waals surface area contributed by atoms with Crippen molar-refractivity contribution in [1.82, 2.24) is 0 Å². The Balaban J connectivity index is 2.42. The zero-order valence-electron chi connectivity index (χ0n) is 10.9. The summed E-state index contributed by atoms with van der Waals surface area (Å²) in [7, 11) is 0. The van der Waals surface area contributed by atoms with Gasteiger partial charge in [0.2, 0.25) is 0 Å². The molecule has 2 unspecified atom stereocenters. The smallest absolute Gasteiger partial charge is 0.193 e. The van der Waals surface area contributed by atoms with Crippen LogP contribution in [0.1, 0.15) is 36.1 Å². The molecule has 1 nitrogen and oxygen atoms in total. The predicted octanol–water partition coefficient (Wildman–Crippen LogP) is 4.98. The first-order valence-corrected chi connectivity index (χ1v) is 7.79. The fraction of sp³-hybridized carbons (Fsp3) is 0.312. The second-order valence-corrected chi connectivity index (χ2v) is 6.50. The molecule has 1 aliphatic carbocycles. The minimum atomic E-state index is -0.210. The summed E-state index contributed by atoms with van der Waals surface area (Å²) >= 11 is 8.18. The first kappa shape index (κ1) is 12.9. The first-order chi connectivity index (χ1) is 9.13. The van der Waals surface area contributed by atoms with Crippen molar-refractivity contribution in [2.45, 2.75) is 25.6 Å². The Kier molecular flexibility index (Phi) is 3.23. The molecule has 0 bridgehead atoms. The Labute approximate surface area is 121 Å². The average molecular weight is 291 g/mol. The predicted molar refractivity (Wildman–Crippen MR) is 84.1 cm³/mol. The summed E-state index contributed by atoms with van der Waals surface area (Å²) < 4.78 is 1.05. The highest BCUT2D eigenvalue weighted by Crippen LogP contribution is 2.43. The summed E-state index contributed by atoms with van der Waals surface area (Å²) in [5, 5.41) is 0.583. The summed E-state index contributed by atoms with van der Waals surface area (Å²) in [6.45, 7) is 4.21. The van der Waals surface area contributed by atoms with Crippen LogP contribution in [0.4, 0.5) is 0 Å². The van der Waals surface area contributed by atoms with Crippen molar-refractivity contribution in [3.8, 4) is 0 Å². The Hall–Kier alpha value is -1.12. The second kappa shape index (κ2) is 4.77. The van der Waals surface area contributed by atoms with Gasteiger partial charge in [0.1, 0.15) is 0 Å². The van der Waals surface area contributed by atoms with E-state index in [2.05, 4.69) is 19.9 Å². The van der Waals surface area contributed by atoms with Gasteiger partial charge in [0.05, 0.1) is 5.38 Å². The topological polar surface area (TPSA) is 17.1 Å². The van der Waals surface area contributed by atoms with Crippen LogP contribution in [-0.4, -0.2) is 0 Å². The van der Waals surface area contributed by atoms with Gasteiger partial charge in [-0.05, 0) is 30.0 Å². The molecule has 98 valence electrons. The zero-order valence-corrected chi connectivity index (χ0v) is 12.5. The molecule has 1 aromatic heterocycles. The maximum Gasteiger partial charge on any atom is 0.193 e. The van der Waals surface area contributed by atoms with E-state index in [9.17, 15) is 4.79 Å². The molecule has 2 atom stereocenters. The second-order valence-electron chi connectivity index (χ2n) is 4.98. The van der Waals surface area contributed by atoms with Crippen molar-refractivity contribution in [3.63, 3.8) is 0 Å². The molecule has 0 spiro atoms. The molecule has 0 saturated carbocycles. The highest BCUT2D eigenvalue weighted by atomic mass is 35.5. The van der Waals surface area contributed by atoms with Gasteiger partial charge in [-0.3, -0.25) is 4.79 Å². The molecule has 19 heavy (non-hydrogen) atoms. The minimum Gasteiger partial charge on any atom is -0.289 e. The summed E-state index contributed by atoms with van der Waals surface area (Å²) in [4.78, 5) is 13.8. The molecular formula is C16H15ClOS. The van der Waals surface area contributed by atoms with Crippen LogP contribution in [0.5, 0.6) is 0 Å². The van der Waals surface area contributed by atoms with E-state index < -0.39 is 0 Å². The van der Waals surface area contributed by atoms with Crippen LogP contribution in [-0.2, 0) is 0 Å². The van der Waals surface area contributed by atoms with Gasteiger partial charge in [-0.2, -0.15) is 0 Å². The Morgan fingerprint density at radius 3 is 2.79 bits per heavy atom. The Bertz CT molecular complexity index is 729. The van der Waals surface area contributed by atoms with Crippen LogP contribution in [0.15, 0.2) is 35.1 Å². The number of fused-ring (bicyclic) bond motifs is 2. The number of hydrogen-bond acceptors (Lipinski definition) is 2. The number of hydrogen-bond donors (Lipinski definition) is 0. The third-order valence-corrected chi connectivity index (χ3v) is 5.58. The fourth-order valence-electron chi connectivity index (χ4n) is 2.66. The van der Waals surface area contributed by atoms with E-state index in [0.717, 1.165) is 26.9 Å². The summed E-state index contributed by atoms with van der Waals surface area (Å²) in [5.74, 6) is 0.213. The molecule has 0 aliphatic heterocycles. The zero-order chi connectivity index (χ0) is 13.6. The molecule has 0 fully saturated rings. The number of rotatable bonds is 1. The third-order valence-electron chi connectivity index (χ3n) is 3.71. The molecule has 0 N–H and O–H groups in total. The highest BCUT2D eigenvalue weighted by molar-refractivity contribution is 7.19. The first-order valence-electron chi connectivity index (χ1n) is 6.54. The quantitative estimate of drug-likeness (QED) is 0.677. The molecular weight excluding hydrogens is 276 g/mol. The molecule has 3 heteroatoms. The average Bonchev–Trinajstić information content (AvgIpc) is 2.43. The van der Waals surface area contributed by atoms with Crippen molar-refractivity contribution in [3.05, 3.63) is 51.0 Å². The summed E-state index contributed by atoms with van der Waals surface area (Å²) in [5.41, 5.74) is 2.17. The fourth-order valence-corrected chi connectivity index (χ4v) is 4.32. The number of alkyl halides is 1. The van der Waals surface area contributed by atoms with Gasteiger partial charge >= 0.3 is 0 Å². The van der Waals surface area contributed by atoms with E-state index in [-0.39, 0.29) is 16.7 Å². The van der Waals surface area contributed by atoms with Crippen LogP contribution < -0.4 is 5.43 Å². The van der Waals surface area contributed by atoms with Gasteiger partial charge in [0, 0.05) is 20.5 Å². The molecule has 3 rings (SSSR count). The van der Waals surface area contributed by atoms with Crippen LogP contribution in [0.25, 0.3) is 15.7 Å². The summed E-state index contributed by atoms with van der Waals surface area (Å²) in [6, 6.07) is 7.79. The molecule has 0 amide bonds. The molecule has 0 saturated heterocycles. The maximum atomic E-state index is 12.7. The number of benzene rings is 1. The molecule has 1 aliphatic rings. The molecule has 2 aromatic rings. The van der Waals surface area contributed by atoms with E-state index in [0.29, 0.717) is 0 Å². The van der Waals surface area contributed by atoms with Gasteiger partial charge in [0.15, 0.2) is 5.43 Å². The van der Waals surface area contributed by atoms with E-state index >= 15 is 0 Å². The van der Waals surface area contributed by atoms with Crippen molar-refractivity contribution in [2.75, 3.05) is 0 Å². The molecule has 1 heterocycles. The van der Waals surface area contributed by atoms with E-state index in [1.165, 1.54) is 5.57 Å². The lowest BCUT2D eigenvalue weighted by Crippen LogP contribution is -2.20. The van der Waals surface area contributed by atoms with E-state index in [1.807, 2.05) is 24.3 Å². The third kappa shape index (κ3) is 1.94. The van der Waals surface area contributed by atoms with E-state index in [4.69, 9.17) is 11.6 Å². The van der Waals surface area contributed by atoms with Crippen molar-refractivity contribution >= 4 is 38.6 Å². The summed E-state index contributed by atoms with van der Waals surface area (Å²) in [6.07, 6.45) is 3.15. The number of halogens is 1. The molecule has 1 aromatic carbocycles.